The van der Waals surface area contributed by atoms with Gasteiger partial charge in [-0.3, -0.25) is 5.32 Å². The monoisotopic (exact) mass is 319 g/mol. The number of hydrogen-bond acceptors (Lipinski definition) is 4. The van der Waals surface area contributed by atoms with E-state index in [4.69, 9.17) is 14.9 Å². The number of hydrogen-bond donors (Lipinski definition) is 3. The van der Waals surface area contributed by atoms with Crippen LogP contribution in [0.25, 0.3) is 5.69 Å². The molecule has 0 aliphatic carbocycles. The third-order valence-electron chi connectivity index (χ3n) is 3.13. The second-order valence-corrected chi connectivity index (χ2v) is 6.08. The minimum atomic E-state index is -1.15. The molecule has 0 spiro atoms. The molecule has 1 aromatic carbocycles. The van der Waals surface area contributed by atoms with Crippen molar-refractivity contribution in [1.82, 2.24) is 9.78 Å². The normalized spacial score (nSPS) is 11.3. The minimum absolute atomic E-state index is 0.0774. The van der Waals surface area contributed by atoms with Crippen LogP contribution in [0.1, 0.15) is 26.5 Å². The molecule has 0 saturated heterocycles. The van der Waals surface area contributed by atoms with Gasteiger partial charge in [0.2, 0.25) is 0 Å². The van der Waals surface area contributed by atoms with Gasteiger partial charge in [-0.05, 0) is 12.1 Å². The highest BCUT2D eigenvalue weighted by Gasteiger charge is 2.21. The van der Waals surface area contributed by atoms with E-state index in [1.165, 1.54) is 4.68 Å². The first-order valence-corrected chi connectivity index (χ1v) is 7.26. The van der Waals surface area contributed by atoms with Gasteiger partial charge >= 0.3 is 6.09 Å². The van der Waals surface area contributed by atoms with E-state index in [2.05, 4.69) is 10.4 Å². The van der Waals surface area contributed by atoms with Crippen LogP contribution in [0.4, 0.5) is 10.6 Å². The molecule has 0 atom stereocenters. The smallest absolute Gasteiger partial charge is 0.410 e. The molecule has 2 aromatic rings. The fourth-order valence-corrected chi connectivity index (χ4v) is 2.01. The number of ether oxygens (including phenoxy) is 1. The maximum atomic E-state index is 11.0. The molecule has 124 valence electrons. The summed E-state index contributed by atoms with van der Waals surface area (Å²) >= 11 is 0. The lowest BCUT2D eigenvalue weighted by molar-refractivity contribution is 0.201. The SMILES string of the molecule is CC(C)(C)c1cc(NC(=O)O)n(-c2cccc(OCCO)c2)n1. The second-order valence-electron chi connectivity index (χ2n) is 6.08. The maximum absolute atomic E-state index is 11.0. The van der Waals surface area contributed by atoms with Crippen molar-refractivity contribution >= 4 is 11.9 Å². The third kappa shape index (κ3) is 4.23. The van der Waals surface area contributed by atoms with Crippen LogP contribution in [0.3, 0.4) is 0 Å². The first kappa shape index (κ1) is 16.8. The molecule has 1 heterocycles. The molecule has 0 aliphatic rings. The third-order valence-corrected chi connectivity index (χ3v) is 3.13. The molecule has 0 unspecified atom stereocenters. The van der Waals surface area contributed by atoms with Crippen molar-refractivity contribution in [2.24, 2.45) is 0 Å². The number of nitrogens with one attached hydrogen (secondary N) is 1. The van der Waals surface area contributed by atoms with E-state index in [1.54, 1.807) is 30.3 Å². The highest BCUT2D eigenvalue weighted by Crippen LogP contribution is 2.27. The Hall–Kier alpha value is -2.54. The van der Waals surface area contributed by atoms with Gasteiger partial charge in [-0.15, -0.1) is 0 Å². The Morgan fingerprint density at radius 3 is 2.70 bits per heavy atom. The van der Waals surface area contributed by atoms with Crippen molar-refractivity contribution in [3.05, 3.63) is 36.0 Å². The summed E-state index contributed by atoms with van der Waals surface area (Å²) in [5.74, 6) is 0.937. The number of anilines is 1. The lowest BCUT2D eigenvalue weighted by atomic mass is 9.92. The van der Waals surface area contributed by atoms with Crippen molar-refractivity contribution in [1.29, 1.82) is 0 Å². The lowest BCUT2D eigenvalue weighted by Crippen LogP contribution is -2.13. The van der Waals surface area contributed by atoms with Gasteiger partial charge in [-0.1, -0.05) is 26.8 Å². The van der Waals surface area contributed by atoms with Crippen molar-refractivity contribution in [3.63, 3.8) is 0 Å². The molecule has 0 bridgehead atoms. The van der Waals surface area contributed by atoms with Crippen LogP contribution in [0.15, 0.2) is 30.3 Å². The minimum Gasteiger partial charge on any atom is -0.491 e. The van der Waals surface area contributed by atoms with Crippen molar-refractivity contribution in [2.45, 2.75) is 26.2 Å². The summed E-state index contributed by atoms with van der Waals surface area (Å²) in [7, 11) is 0. The molecular weight excluding hydrogens is 298 g/mol. The number of aromatic nitrogens is 2. The standard InChI is InChI=1S/C16H21N3O4/c1-16(2,3)13-10-14(17-15(21)22)19(18-13)11-5-4-6-12(9-11)23-8-7-20/h4-6,9-10,17,20H,7-8H2,1-3H3,(H,21,22). The predicted molar refractivity (Wildman–Crippen MR) is 86.5 cm³/mol. The van der Waals surface area contributed by atoms with Gasteiger partial charge in [0.25, 0.3) is 0 Å². The van der Waals surface area contributed by atoms with Crippen LogP contribution >= 0.6 is 0 Å². The molecule has 0 fully saturated rings. The number of carbonyl (C=O) groups is 1. The van der Waals surface area contributed by atoms with Crippen molar-refractivity contribution in [2.75, 3.05) is 18.5 Å². The molecule has 23 heavy (non-hydrogen) atoms. The molecule has 1 amide bonds. The molecule has 0 radical (unpaired) electrons. The Morgan fingerprint density at radius 2 is 2.09 bits per heavy atom. The van der Waals surface area contributed by atoms with Gasteiger partial charge < -0.3 is 14.9 Å². The van der Waals surface area contributed by atoms with Crippen LogP contribution in [0.2, 0.25) is 0 Å². The summed E-state index contributed by atoms with van der Waals surface area (Å²) in [5, 5.41) is 24.7. The number of benzene rings is 1. The van der Waals surface area contributed by atoms with Crippen LogP contribution < -0.4 is 10.1 Å². The average molecular weight is 319 g/mol. The van der Waals surface area contributed by atoms with Crippen molar-refractivity contribution in [3.8, 4) is 11.4 Å². The Morgan fingerprint density at radius 1 is 1.35 bits per heavy atom. The first-order valence-electron chi connectivity index (χ1n) is 7.26. The summed E-state index contributed by atoms with van der Waals surface area (Å²) in [5.41, 5.74) is 1.22. The van der Waals surface area contributed by atoms with E-state index in [1.807, 2.05) is 20.8 Å². The summed E-state index contributed by atoms with van der Waals surface area (Å²) in [4.78, 5) is 11.0. The molecule has 0 saturated carbocycles. The van der Waals surface area contributed by atoms with E-state index in [0.29, 0.717) is 17.3 Å². The molecule has 1 aromatic heterocycles. The van der Waals surface area contributed by atoms with Crippen LogP contribution in [-0.4, -0.2) is 39.3 Å². The van der Waals surface area contributed by atoms with Crippen LogP contribution in [0, 0.1) is 0 Å². The number of amides is 1. The second kappa shape index (κ2) is 6.70. The van der Waals surface area contributed by atoms with E-state index >= 15 is 0 Å². The molecule has 7 heteroatoms. The zero-order valence-electron chi connectivity index (χ0n) is 13.4. The number of carboxylic acid groups (broad SMARTS) is 1. The van der Waals surface area contributed by atoms with E-state index < -0.39 is 6.09 Å². The van der Waals surface area contributed by atoms with Gasteiger partial charge in [0, 0.05) is 17.5 Å². The largest absolute Gasteiger partial charge is 0.491 e. The van der Waals surface area contributed by atoms with Crippen molar-refractivity contribution < 1.29 is 19.7 Å². The quantitative estimate of drug-likeness (QED) is 0.787. The highest BCUT2D eigenvalue weighted by molar-refractivity contribution is 5.82. The summed E-state index contributed by atoms with van der Waals surface area (Å²) < 4.78 is 6.91. The zero-order valence-corrected chi connectivity index (χ0v) is 13.4. The van der Waals surface area contributed by atoms with Gasteiger partial charge in [-0.25, -0.2) is 9.48 Å². The Kier molecular flexibility index (Phi) is 4.90. The van der Waals surface area contributed by atoms with Gasteiger partial charge in [0.1, 0.15) is 18.2 Å². The summed E-state index contributed by atoms with van der Waals surface area (Å²) in [6.45, 7) is 6.13. The molecule has 7 nitrogen and oxygen atoms in total. The Bertz CT molecular complexity index is 689. The average Bonchev–Trinajstić information content (AvgIpc) is 2.88. The van der Waals surface area contributed by atoms with Gasteiger partial charge in [0.05, 0.1) is 18.0 Å². The number of aliphatic hydroxyl groups is 1. The van der Waals surface area contributed by atoms with E-state index in [0.717, 1.165) is 5.69 Å². The van der Waals surface area contributed by atoms with E-state index in [9.17, 15) is 4.79 Å². The summed E-state index contributed by atoms with van der Waals surface area (Å²) in [6.07, 6.45) is -1.15. The van der Waals surface area contributed by atoms with Gasteiger partial charge in [0.15, 0.2) is 0 Å². The lowest BCUT2D eigenvalue weighted by Gasteiger charge is -2.14. The fourth-order valence-electron chi connectivity index (χ4n) is 2.01. The molecular formula is C16H21N3O4. The van der Waals surface area contributed by atoms with Gasteiger partial charge in [-0.2, -0.15) is 5.10 Å². The molecule has 0 aliphatic heterocycles. The number of nitrogens with zero attached hydrogens (tertiary/aromatic N) is 2. The number of rotatable bonds is 5. The molecule has 3 N–H and O–H groups in total. The van der Waals surface area contributed by atoms with Crippen LogP contribution in [0.5, 0.6) is 5.75 Å². The first-order chi connectivity index (χ1) is 10.8. The Labute approximate surface area is 134 Å². The maximum Gasteiger partial charge on any atom is 0.410 e. The zero-order chi connectivity index (χ0) is 17.0. The fraction of sp³-hybridized carbons (Fsp3) is 0.375. The summed E-state index contributed by atoms with van der Waals surface area (Å²) in [6, 6.07) is 8.80. The highest BCUT2D eigenvalue weighted by atomic mass is 16.5. The predicted octanol–water partition coefficient (Wildman–Crippen LogP) is 2.63. The van der Waals surface area contributed by atoms with Crippen LogP contribution in [-0.2, 0) is 5.41 Å². The van der Waals surface area contributed by atoms with E-state index in [-0.39, 0.29) is 18.6 Å². The topological polar surface area (TPSA) is 96.6 Å². The Balaban J connectivity index is 2.44. The molecule has 2 rings (SSSR count). The number of aliphatic hydroxyl groups excluding tert-OH is 1.